The van der Waals surface area contributed by atoms with Gasteiger partial charge in [0.15, 0.2) is 0 Å². The second kappa shape index (κ2) is 5.81. The fraction of sp³-hybridized carbons (Fsp3) is 0. The zero-order valence-electron chi connectivity index (χ0n) is 10.5. The van der Waals surface area contributed by atoms with E-state index in [0.717, 1.165) is 0 Å². The Morgan fingerprint density at radius 2 is 1.75 bits per heavy atom. The van der Waals surface area contributed by atoms with Gasteiger partial charge in [0.25, 0.3) is 11.8 Å². The van der Waals surface area contributed by atoms with Gasteiger partial charge < -0.3 is 11.1 Å². The molecular formula is C13H13N5O2. The lowest BCUT2D eigenvalue weighted by Gasteiger charge is -2.12. The number of para-hydroxylation sites is 1. The first kappa shape index (κ1) is 13.5. The van der Waals surface area contributed by atoms with Crippen LogP contribution in [0.4, 0.5) is 11.5 Å². The summed E-state index contributed by atoms with van der Waals surface area (Å²) < 4.78 is 0. The molecule has 2 amide bonds. The number of pyridine rings is 1. The first-order valence-electron chi connectivity index (χ1n) is 5.75. The molecule has 0 fully saturated rings. The summed E-state index contributed by atoms with van der Waals surface area (Å²) in [6.45, 7) is 0. The molecule has 0 bridgehead atoms. The molecule has 7 nitrogen and oxygen atoms in total. The number of aromatic nitrogens is 1. The number of primary amides is 1. The summed E-state index contributed by atoms with van der Waals surface area (Å²) in [6.07, 6.45) is 1.52. The van der Waals surface area contributed by atoms with E-state index < -0.39 is 11.8 Å². The number of hydrazine groups is 1. The number of anilines is 2. The number of rotatable bonds is 4. The Balaban J connectivity index is 2.41. The third-order valence-corrected chi connectivity index (χ3v) is 2.63. The van der Waals surface area contributed by atoms with Crippen LogP contribution in [-0.4, -0.2) is 16.8 Å². The molecule has 0 aliphatic heterocycles. The second-order valence-electron chi connectivity index (χ2n) is 3.91. The molecule has 1 heterocycles. The van der Waals surface area contributed by atoms with E-state index in [1.807, 2.05) is 5.43 Å². The summed E-state index contributed by atoms with van der Waals surface area (Å²) in [4.78, 5) is 27.0. The lowest BCUT2D eigenvalue weighted by molar-refractivity contribution is 0.0953. The first-order chi connectivity index (χ1) is 9.63. The van der Waals surface area contributed by atoms with Crippen molar-refractivity contribution in [3.8, 4) is 0 Å². The maximum absolute atomic E-state index is 11.6. The van der Waals surface area contributed by atoms with Gasteiger partial charge in [0.05, 0.1) is 16.8 Å². The molecule has 2 aromatic rings. The Morgan fingerprint density at radius 3 is 2.45 bits per heavy atom. The van der Waals surface area contributed by atoms with E-state index in [0.29, 0.717) is 11.3 Å². The standard InChI is InChI=1S/C13H13N5O2/c14-11(19)8-4-1-2-6-10(8)17-12-9(13(20)18-15)5-3-7-16-12/h1-7H,15H2,(H2,14,19)(H,16,17)(H,18,20). The highest BCUT2D eigenvalue weighted by Gasteiger charge is 2.13. The van der Waals surface area contributed by atoms with Crippen LogP contribution in [0.1, 0.15) is 20.7 Å². The molecule has 1 aromatic carbocycles. The molecule has 0 spiro atoms. The number of carbonyl (C=O) groups is 2. The van der Waals surface area contributed by atoms with Crippen molar-refractivity contribution in [3.05, 3.63) is 53.7 Å². The minimum atomic E-state index is -0.575. The Bertz CT molecular complexity index is 657. The van der Waals surface area contributed by atoms with E-state index in [-0.39, 0.29) is 11.4 Å². The number of nitrogens with one attached hydrogen (secondary N) is 2. The van der Waals surface area contributed by atoms with E-state index in [4.69, 9.17) is 11.6 Å². The number of amides is 2. The maximum atomic E-state index is 11.6. The molecule has 2 rings (SSSR count). The van der Waals surface area contributed by atoms with E-state index in [1.165, 1.54) is 6.20 Å². The second-order valence-corrected chi connectivity index (χ2v) is 3.91. The van der Waals surface area contributed by atoms with Crippen LogP contribution >= 0.6 is 0 Å². The summed E-state index contributed by atoms with van der Waals surface area (Å²) in [6, 6.07) is 9.84. The lowest BCUT2D eigenvalue weighted by Crippen LogP contribution is -2.30. The van der Waals surface area contributed by atoms with Crippen molar-refractivity contribution in [1.82, 2.24) is 10.4 Å². The van der Waals surface area contributed by atoms with Crippen molar-refractivity contribution < 1.29 is 9.59 Å². The Kier molecular flexibility index (Phi) is 3.92. The van der Waals surface area contributed by atoms with Crippen LogP contribution in [0.5, 0.6) is 0 Å². The molecule has 0 aliphatic carbocycles. The van der Waals surface area contributed by atoms with Crippen LogP contribution in [0.2, 0.25) is 0 Å². The van der Waals surface area contributed by atoms with E-state index >= 15 is 0 Å². The van der Waals surface area contributed by atoms with Crippen molar-refractivity contribution in [2.24, 2.45) is 11.6 Å². The molecule has 0 saturated carbocycles. The predicted molar refractivity (Wildman–Crippen MR) is 74.1 cm³/mol. The summed E-state index contributed by atoms with van der Waals surface area (Å²) >= 11 is 0. The highest BCUT2D eigenvalue weighted by Crippen LogP contribution is 2.21. The minimum absolute atomic E-state index is 0.259. The van der Waals surface area contributed by atoms with Crippen LogP contribution < -0.4 is 22.3 Å². The number of carbonyl (C=O) groups excluding carboxylic acids is 2. The molecule has 102 valence electrons. The molecule has 0 aliphatic rings. The van der Waals surface area contributed by atoms with Gasteiger partial charge in [-0.1, -0.05) is 12.1 Å². The van der Waals surface area contributed by atoms with Crippen LogP contribution in [0.3, 0.4) is 0 Å². The number of hydrogen-bond donors (Lipinski definition) is 4. The van der Waals surface area contributed by atoms with Crippen LogP contribution in [0.15, 0.2) is 42.6 Å². The Hall–Kier alpha value is -2.93. The molecular weight excluding hydrogens is 258 g/mol. The van der Waals surface area contributed by atoms with Crippen molar-refractivity contribution in [1.29, 1.82) is 0 Å². The zero-order chi connectivity index (χ0) is 14.5. The molecule has 0 unspecified atom stereocenters. The van der Waals surface area contributed by atoms with E-state index in [9.17, 15) is 9.59 Å². The summed E-state index contributed by atoms with van der Waals surface area (Å²) in [5, 5.41) is 2.91. The monoisotopic (exact) mass is 271 g/mol. The highest BCUT2D eigenvalue weighted by molar-refractivity contribution is 6.02. The topological polar surface area (TPSA) is 123 Å². The van der Waals surface area contributed by atoms with Crippen LogP contribution in [0, 0.1) is 0 Å². The van der Waals surface area contributed by atoms with Gasteiger partial charge in [-0.05, 0) is 24.3 Å². The van der Waals surface area contributed by atoms with Gasteiger partial charge in [0.2, 0.25) is 0 Å². The van der Waals surface area contributed by atoms with Crippen molar-refractivity contribution >= 4 is 23.3 Å². The third kappa shape index (κ3) is 2.73. The number of nitrogen functional groups attached to an aromatic ring is 1. The molecule has 0 atom stereocenters. The first-order valence-corrected chi connectivity index (χ1v) is 5.75. The van der Waals surface area contributed by atoms with Gasteiger partial charge in [0, 0.05) is 6.20 Å². The molecule has 20 heavy (non-hydrogen) atoms. The van der Waals surface area contributed by atoms with Gasteiger partial charge >= 0.3 is 0 Å². The van der Waals surface area contributed by atoms with Crippen LogP contribution in [-0.2, 0) is 0 Å². The van der Waals surface area contributed by atoms with Gasteiger partial charge in [-0.25, -0.2) is 10.8 Å². The minimum Gasteiger partial charge on any atom is -0.366 e. The summed E-state index contributed by atoms with van der Waals surface area (Å²) in [5.74, 6) is 4.33. The Morgan fingerprint density at radius 1 is 1.05 bits per heavy atom. The van der Waals surface area contributed by atoms with Gasteiger partial charge in [0.1, 0.15) is 5.82 Å². The highest BCUT2D eigenvalue weighted by atomic mass is 16.2. The van der Waals surface area contributed by atoms with Crippen molar-refractivity contribution in [3.63, 3.8) is 0 Å². The summed E-state index contributed by atoms with van der Waals surface area (Å²) in [7, 11) is 0. The molecule has 0 radical (unpaired) electrons. The zero-order valence-corrected chi connectivity index (χ0v) is 10.5. The number of hydrogen-bond acceptors (Lipinski definition) is 5. The van der Waals surface area contributed by atoms with Crippen molar-refractivity contribution in [2.75, 3.05) is 5.32 Å². The number of benzene rings is 1. The molecule has 6 N–H and O–H groups in total. The SMILES string of the molecule is NNC(=O)c1cccnc1Nc1ccccc1C(N)=O. The fourth-order valence-electron chi connectivity index (χ4n) is 1.70. The largest absolute Gasteiger partial charge is 0.366 e. The van der Waals surface area contributed by atoms with E-state index in [1.54, 1.807) is 36.4 Å². The van der Waals surface area contributed by atoms with Crippen molar-refractivity contribution in [2.45, 2.75) is 0 Å². The smallest absolute Gasteiger partial charge is 0.268 e. The van der Waals surface area contributed by atoms with Crippen LogP contribution in [0.25, 0.3) is 0 Å². The van der Waals surface area contributed by atoms with Gasteiger partial charge in [-0.3, -0.25) is 15.0 Å². The Labute approximate surface area is 115 Å². The third-order valence-electron chi connectivity index (χ3n) is 2.63. The van der Waals surface area contributed by atoms with Gasteiger partial charge in [-0.15, -0.1) is 0 Å². The van der Waals surface area contributed by atoms with E-state index in [2.05, 4.69) is 10.3 Å². The maximum Gasteiger partial charge on any atom is 0.268 e. The fourth-order valence-corrected chi connectivity index (χ4v) is 1.70. The molecule has 7 heteroatoms. The summed E-state index contributed by atoms with van der Waals surface area (Å²) in [5.41, 5.74) is 8.35. The normalized spacial score (nSPS) is 9.85. The average molecular weight is 271 g/mol. The van der Waals surface area contributed by atoms with Gasteiger partial charge in [-0.2, -0.15) is 0 Å². The average Bonchev–Trinajstić information content (AvgIpc) is 2.47. The molecule has 0 saturated heterocycles. The quantitative estimate of drug-likeness (QED) is 0.367. The molecule has 1 aromatic heterocycles. The predicted octanol–water partition coefficient (Wildman–Crippen LogP) is 0.528. The lowest BCUT2D eigenvalue weighted by atomic mass is 10.1. The number of nitrogens with zero attached hydrogens (tertiary/aromatic N) is 1. The number of nitrogens with two attached hydrogens (primary N) is 2.